The van der Waals surface area contributed by atoms with Crippen LogP contribution in [-0.4, -0.2) is 5.25 Å². The highest BCUT2D eigenvalue weighted by molar-refractivity contribution is 8.08. The molecule has 160 valence electrons. The van der Waals surface area contributed by atoms with Gasteiger partial charge in [0.15, 0.2) is 0 Å². The van der Waals surface area contributed by atoms with Gasteiger partial charge in [0, 0.05) is 5.25 Å². The molecule has 0 saturated carbocycles. The lowest BCUT2D eigenvalue weighted by molar-refractivity contribution is 0.607. The van der Waals surface area contributed by atoms with Gasteiger partial charge in [0.25, 0.3) is 0 Å². The highest BCUT2D eigenvalue weighted by Gasteiger charge is 2.54. The second-order valence-corrected chi connectivity index (χ2v) is 10.6. The van der Waals surface area contributed by atoms with Crippen LogP contribution in [0, 0.1) is 0 Å². The lowest BCUT2D eigenvalue weighted by Gasteiger charge is -2.16. The average Bonchev–Trinajstić information content (AvgIpc) is 3.48. The minimum absolute atomic E-state index is 0.253. The van der Waals surface area contributed by atoms with E-state index in [1.165, 1.54) is 101 Å². The Bertz CT molecular complexity index is 653. The molecule has 3 rings (SSSR count). The first-order valence-electron chi connectivity index (χ1n) is 12.5. The van der Waals surface area contributed by atoms with Gasteiger partial charge in [-0.25, -0.2) is 0 Å². The molecule has 0 nitrogen and oxygen atoms in total. The van der Waals surface area contributed by atoms with Crippen LogP contribution in [0.2, 0.25) is 0 Å². The Morgan fingerprint density at radius 1 is 0.724 bits per heavy atom. The summed E-state index contributed by atoms with van der Waals surface area (Å²) >= 11 is 2.13. The Morgan fingerprint density at radius 3 is 1.93 bits per heavy atom. The zero-order chi connectivity index (χ0) is 20.4. The van der Waals surface area contributed by atoms with E-state index in [-0.39, 0.29) is 4.75 Å². The quantitative estimate of drug-likeness (QED) is 0.205. The first kappa shape index (κ1) is 22.7. The molecule has 1 fully saturated rings. The molecule has 1 aromatic carbocycles. The molecule has 2 atom stereocenters. The van der Waals surface area contributed by atoms with Crippen molar-refractivity contribution < 1.29 is 0 Å². The van der Waals surface area contributed by atoms with E-state index in [9.17, 15) is 0 Å². The van der Waals surface area contributed by atoms with Crippen molar-refractivity contribution in [3.05, 3.63) is 59.2 Å². The van der Waals surface area contributed by atoms with Crippen molar-refractivity contribution in [2.45, 2.75) is 114 Å². The summed E-state index contributed by atoms with van der Waals surface area (Å²) < 4.78 is 0.253. The summed E-state index contributed by atoms with van der Waals surface area (Å²) in [4.78, 5) is 0. The van der Waals surface area contributed by atoms with E-state index in [0.29, 0.717) is 5.25 Å². The van der Waals surface area contributed by atoms with Gasteiger partial charge in [-0.2, -0.15) is 0 Å². The van der Waals surface area contributed by atoms with Crippen LogP contribution in [0.5, 0.6) is 0 Å². The van der Waals surface area contributed by atoms with E-state index in [4.69, 9.17) is 0 Å². The minimum atomic E-state index is 0.253. The number of rotatable bonds is 15. The number of fused-ring (bicyclic) bond motifs is 1. The number of unbranched alkanes of at least 4 members (excludes halogenated alkanes) is 10. The van der Waals surface area contributed by atoms with Crippen LogP contribution < -0.4 is 0 Å². The van der Waals surface area contributed by atoms with Crippen molar-refractivity contribution in [1.29, 1.82) is 0 Å². The smallest absolute Gasteiger partial charge is 0.0751 e. The molecule has 0 amide bonds. The Balaban J connectivity index is 1.39. The molecule has 0 N–H and O–H groups in total. The lowest BCUT2D eigenvalue weighted by Crippen LogP contribution is -2.11. The predicted octanol–water partition coefficient (Wildman–Crippen LogP) is 9.15. The standard InChI is InChI=1S/C28H42S/c1-3-5-7-9-11-13-15-24-17-19-26(20-18-24)28-22-21-25(23-27(28)29-28)16-14-12-10-8-6-4-2/h17-23,27H,3-16H2,1-2H3. The average molecular weight is 411 g/mol. The summed E-state index contributed by atoms with van der Waals surface area (Å²) in [5.74, 6) is 0. The summed E-state index contributed by atoms with van der Waals surface area (Å²) in [6.45, 7) is 4.58. The van der Waals surface area contributed by atoms with E-state index in [1.54, 1.807) is 5.57 Å². The second-order valence-electron chi connectivity index (χ2n) is 9.14. The maximum absolute atomic E-state index is 2.56. The predicted molar refractivity (Wildman–Crippen MR) is 132 cm³/mol. The number of allylic oxidation sites excluding steroid dienone is 2. The lowest BCUT2D eigenvalue weighted by atomic mass is 9.88. The van der Waals surface area contributed by atoms with Crippen LogP contribution in [0.25, 0.3) is 0 Å². The first-order valence-corrected chi connectivity index (χ1v) is 13.3. The topological polar surface area (TPSA) is 0 Å². The van der Waals surface area contributed by atoms with Crippen LogP contribution in [0.15, 0.2) is 48.1 Å². The zero-order valence-corrected chi connectivity index (χ0v) is 19.7. The van der Waals surface area contributed by atoms with E-state index < -0.39 is 0 Å². The van der Waals surface area contributed by atoms with Gasteiger partial charge in [-0.1, -0.05) is 126 Å². The number of aryl methyl sites for hydroxylation is 1. The van der Waals surface area contributed by atoms with Gasteiger partial charge < -0.3 is 0 Å². The SMILES string of the molecule is CCCCCCCCC1=CC2SC2(c2ccc(CCCCCCCC)cc2)C=C1. The zero-order valence-electron chi connectivity index (χ0n) is 18.9. The molecule has 1 heterocycles. The Labute approximate surface area is 184 Å². The first-order chi connectivity index (χ1) is 14.3. The van der Waals surface area contributed by atoms with Crippen molar-refractivity contribution in [3.8, 4) is 0 Å². The van der Waals surface area contributed by atoms with Crippen LogP contribution >= 0.6 is 11.8 Å². The van der Waals surface area contributed by atoms with Crippen LogP contribution in [0.4, 0.5) is 0 Å². The fourth-order valence-corrected chi connectivity index (χ4v) is 5.89. The summed E-state index contributed by atoms with van der Waals surface area (Å²) in [5, 5.41) is 0.673. The molecule has 0 spiro atoms. The molecule has 1 aliphatic carbocycles. The largest absolute Gasteiger partial charge is 0.135 e. The van der Waals surface area contributed by atoms with Gasteiger partial charge in [0.1, 0.15) is 0 Å². The maximum atomic E-state index is 2.56. The Hall–Kier alpha value is -0.950. The number of thioether (sulfide) groups is 1. The molecule has 29 heavy (non-hydrogen) atoms. The Morgan fingerprint density at radius 2 is 1.31 bits per heavy atom. The van der Waals surface area contributed by atoms with Gasteiger partial charge in [-0.3, -0.25) is 0 Å². The van der Waals surface area contributed by atoms with Crippen LogP contribution in [0.3, 0.4) is 0 Å². The normalized spacial score (nSPS) is 22.4. The molecule has 1 aromatic rings. The fourth-order valence-electron chi connectivity index (χ4n) is 4.59. The summed E-state index contributed by atoms with van der Waals surface area (Å²) in [6.07, 6.45) is 26.6. The fraction of sp³-hybridized carbons (Fsp3) is 0.643. The van der Waals surface area contributed by atoms with Crippen molar-refractivity contribution in [2.75, 3.05) is 0 Å². The van der Waals surface area contributed by atoms with E-state index in [1.807, 2.05) is 0 Å². The number of hydrogen-bond acceptors (Lipinski definition) is 1. The van der Waals surface area contributed by atoms with Crippen LogP contribution in [0.1, 0.15) is 108 Å². The molecule has 2 unspecified atom stereocenters. The third-order valence-corrected chi connectivity index (χ3v) is 8.16. The van der Waals surface area contributed by atoms with E-state index >= 15 is 0 Å². The summed E-state index contributed by atoms with van der Waals surface area (Å²) in [7, 11) is 0. The summed E-state index contributed by atoms with van der Waals surface area (Å²) in [6, 6.07) is 9.57. The molecule has 0 bridgehead atoms. The number of hydrogen-bond donors (Lipinski definition) is 0. The molecular formula is C28H42S. The maximum Gasteiger partial charge on any atom is 0.0751 e. The van der Waals surface area contributed by atoms with Gasteiger partial charge in [-0.15, -0.1) is 11.8 Å². The molecule has 2 aliphatic rings. The van der Waals surface area contributed by atoms with Crippen molar-refractivity contribution >= 4 is 11.8 Å². The number of benzene rings is 1. The van der Waals surface area contributed by atoms with Gasteiger partial charge in [-0.05, 0) is 36.8 Å². The van der Waals surface area contributed by atoms with E-state index in [2.05, 4.69) is 68.1 Å². The second kappa shape index (κ2) is 12.0. The Kier molecular flexibility index (Phi) is 9.43. The molecule has 1 saturated heterocycles. The van der Waals surface area contributed by atoms with Gasteiger partial charge >= 0.3 is 0 Å². The molecule has 0 aromatic heterocycles. The highest BCUT2D eigenvalue weighted by atomic mass is 32.2. The molecular weight excluding hydrogens is 368 g/mol. The van der Waals surface area contributed by atoms with Crippen molar-refractivity contribution in [1.82, 2.24) is 0 Å². The van der Waals surface area contributed by atoms with Crippen molar-refractivity contribution in [2.24, 2.45) is 0 Å². The third-order valence-electron chi connectivity index (χ3n) is 6.64. The molecule has 1 aliphatic heterocycles. The van der Waals surface area contributed by atoms with Crippen LogP contribution in [-0.2, 0) is 11.2 Å². The monoisotopic (exact) mass is 410 g/mol. The van der Waals surface area contributed by atoms with E-state index in [0.717, 1.165) is 0 Å². The van der Waals surface area contributed by atoms with Gasteiger partial charge in [0.2, 0.25) is 0 Å². The third kappa shape index (κ3) is 6.78. The van der Waals surface area contributed by atoms with Gasteiger partial charge in [0.05, 0.1) is 4.75 Å². The highest BCUT2D eigenvalue weighted by Crippen LogP contribution is 2.64. The minimum Gasteiger partial charge on any atom is -0.135 e. The van der Waals surface area contributed by atoms with Crippen molar-refractivity contribution in [3.63, 3.8) is 0 Å². The molecule has 0 radical (unpaired) electrons. The molecule has 1 heteroatoms. The summed E-state index contributed by atoms with van der Waals surface area (Å²) in [5.41, 5.74) is 4.60.